The molecular weight excluding hydrogens is 376 g/mol. The van der Waals surface area contributed by atoms with E-state index in [4.69, 9.17) is 9.47 Å². The van der Waals surface area contributed by atoms with Crippen LogP contribution in [0.5, 0.6) is 5.75 Å². The van der Waals surface area contributed by atoms with Gasteiger partial charge in [0.2, 0.25) is 0 Å². The van der Waals surface area contributed by atoms with E-state index >= 15 is 0 Å². The molecule has 162 valence electrons. The first-order valence-electron chi connectivity index (χ1n) is 11.3. The minimum atomic E-state index is 0.115. The number of ether oxygens (including phenoxy) is 2. The molecule has 2 aliphatic heterocycles. The topological polar surface area (TPSA) is 42.0 Å². The molecule has 0 N–H and O–H groups in total. The number of methoxy groups -OCH3 is 1. The number of benzene rings is 2. The number of rotatable bonds is 5. The van der Waals surface area contributed by atoms with Crippen molar-refractivity contribution in [2.75, 3.05) is 33.3 Å². The van der Waals surface area contributed by atoms with Crippen LogP contribution in [0.3, 0.4) is 0 Å². The molecular formula is C25H34N2O3. The minimum absolute atomic E-state index is 0.115. The molecule has 30 heavy (non-hydrogen) atoms. The number of nitrogens with zero attached hydrogens (tertiary/aromatic N) is 2. The summed E-state index contributed by atoms with van der Waals surface area (Å²) < 4.78 is 11.7. The Hall–Kier alpha value is -2.11. The number of piperidine rings is 2. The normalized spacial score (nSPS) is 19.5. The molecule has 0 atom stereocenters. The number of hydrogen-bond donors (Lipinski definition) is 0. The molecule has 0 bridgehead atoms. The Balaban J connectivity index is 1.40. The van der Waals surface area contributed by atoms with Gasteiger partial charge in [0, 0.05) is 44.9 Å². The molecule has 5 heteroatoms. The molecule has 0 aromatic heterocycles. The zero-order valence-electron chi connectivity index (χ0n) is 18.5. The lowest BCUT2D eigenvalue weighted by Gasteiger charge is -2.34. The van der Waals surface area contributed by atoms with Gasteiger partial charge in [-0.05, 0) is 74.6 Å². The number of carbonyl (C=O) groups is 1. The van der Waals surface area contributed by atoms with E-state index in [1.54, 1.807) is 7.11 Å². The smallest absolute Gasteiger partial charge is 0.253 e. The van der Waals surface area contributed by atoms with Crippen LogP contribution in [0.25, 0.3) is 10.8 Å². The fourth-order valence-electron chi connectivity index (χ4n) is 4.61. The van der Waals surface area contributed by atoms with E-state index in [2.05, 4.69) is 30.9 Å². The number of fused-ring (bicyclic) bond motifs is 1. The van der Waals surface area contributed by atoms with Gasteiger partial charge in [0.25, 0.3) is 5.91 Å². The first-order chi connectivity index (χ1) is 14.5. The molecule has 2 aliphatic rings. The number of carbonyl (C=O) groups excluding carboxylic acids is 1. The maximum absolute atomic E-state index is 12.9. The second-order valence-corrected chi connectivity index (χ2v) is 8.90. The Kier molecular flexibility index (Phi) is 6.59. The highest BCUT2D eigenvalue weighted by atomic mass is 16.5. The van der Waals surface area contributed by atoms with Crippen LogP contribution in [0.1, 0.15) is 49.9 Å². The summed E-state index contributed by atoms with van der Waals surface area (Å²) in [7, 11) is 1.75. The molecule has 1 amide bonds. The van der Waals surface area contributed by atoms with Crippen LogP contribution >= 0.6 is 0 Å². The van der Waals surface area contributed by atoms with Crippen LogP contribution in [0.4, 0.5) is 0 Å². The van der Waals surface area contributed by atoms with Gasteiger partial charge in [0.05, 0.1) is 6.10 Å². The summed E-state index contributed by atoms with van der Waals surface area (Å²) in [5, 5.41) is 2.19. The third-order valence-electron chi connectivity index (χ3n) is 6.63. The van der Waals surface area contributed by atoms with Crippen molar-refractivity contribution < 1.29 is 14.3 Å². The van der Waals surface area contributed by atoms with Crippen molar-refractivity contribution in [2.45, 2.75) is 57.8 Å². The first kappa shape index (κ1) is 21.1. The van der Waals surface area contributed by atoms with E-state index in [1.807, 2.05) is 29.2 Å². The zero-order valence-corrected chi connectivity index (χ0v) is 18.5. The van der Waals surface area contributed by atoms with Crippen LogP contribution in [-0.2, 0) is 4.74 Å². The lowest BCUT2D eigenvalue weighted by molar-refractivity contribution is 0.0351. The van der Waals surface area contributed by atoms with Crippen molar-refractivity contribution in [1.82, 2.24) is 9.80 Å². The Morgan fingerprint density at radius 3 is 2.20 bits per heavy atom. The summed E-state index contributed by atoms with van der Waals surface area (Å²) in [5.41, 5.74) is 0.757. The Labute approximate surface area is 179 Å². The van der Waals surface area contributed by atoms with Crippen molar-refractivity contribution in [3.63, 3.8) is 0 Å². The standard InChI is InChI=1S/C25H34N2O3/c1-18(2)26-12-10-23(11-13-26)30-24-7-6-19-16-21(5-4-20(19)17-24)25(28)27-14-8-22(29-3)9-15-27/h4-7,16-18,22-23H,8-15H2,1-3H3. The summed E-state index contributed by atoms with van der Waals surface area (Å²) in [6, 6.07) is 12.8. The third kappa shape index (κ3) is 4.79. The van der Waals surface area contributed by atoms with Gasteiger partial charge in [0.1, 0.15) is 11.9 Å². The summed E-state index contributed by atoms with van der Waals surface area (Å²) in [4.78, 5) is 17.4. The zero-order chi connectivity index (χ0) is 21.1. The first-order valence-corrected chi connectivity index (χ1v) is 11.3. The lowest BCUT2D eigenvalue weighted by Crippen LogP contribution is -2.41. The van der Waals surface area contributed by atoms with Crippen LogP contribution in [0.2, 0.25) is 0 Å². The van der Waals surface area contributed by atoms with Gasteiger partial charge in [0.15, 0.2) is 0 Å². The fourth-order valence-corrected chi connectivity index (χ4v) is 4.61. The second kappa shape index (κ2) is 9.36. The van der Waals surface area contributed by atoms with E-state index in [1.165, 1.54) is 0 Å². The van der Waals surface area contributed by atoms with Crippen molar-refractivity contribution in [3.8, 4) is 5.75 Å². The molecule has 0 saturated carbocycles. The number of hydrogen-bond acceptors (Lipinski definition) is 4. The van der Waals surface area contributed by atoms with Gasteiger partial charge in [-0.1, -0.05) is 12.1 Å². The second-order valence-electron chi connectivity index (χ2n) is 8.90. The predicted octanol–water partition coefficient (Wildman–Crippen LogP) is 4.34. The summed E-state index contributed by atoms with van der Waals surface area (Å²) in [6.07, 6.45) is 4.53. The number of likely N-dealkylation sites (tertiary alicyclic amines) is 2. The lowest BCUT2D eigenvalue weighted by atomic mass is 10.0. The summed E-state index contributed by atoms with van der Waals surface area (Å²) in [5.74, 6) is 1.04. The Morgan fingerprint density at radius 1 is 0.900 bits per heavy atom. The molecule has 0 unspecified atom stereocenters. The third-order valence-corrected chi connectivity index (χ3v) is 6.63. The van der Waals surface area contributed by atoms with Gasteiger partial charge in [-0.15, -0.1) is 0 Å². The minimum Gasteiger partial charge on any atom is -0.490 e. The van der Waals surface area contributed by atoms with Crippen molar-refractivity contribution in [3.05, 3.63) is 42.0 Å². The molecule has 4 rings (SSSR count). The summed E-state index contributed by atoms with van der Waals surface area (Å²) in [6.45, 7) is 8.23. The summed E-state index contributed by atoms with van der Waals surface area (Å²) >= 11 is 0. The molecule has 0 radical (unpaired) electrons. The quantitative estimate of drug-likeness (QED) is 0.735. The molecule has 5 nitrogen and oxygen atoms in total. The van der Waals surface area contributed by atoms with Crippen LogP contribution in [0, 0.1) is 0 Å². The monoisotopic (exact) mass is 410 g/mol. The SMILES string of the molecule is COC1CCN(C(=O)c2ccc3cc(OC4CCN(C(C)C)CC4)ccc3c2)CC1. The van der Waals surface area contributed by atoms with E-state index in [-0.39, 0.29) is 18.1 Å². The fraction of sp³-hybridized carbons (Fsp3) is 0.560. The van der Waals surface area contributed by atoms with Crippen LogP contribution in [0.15, 0.2) is 36.4 Å². The van der Waals surface area contributed by atoms with E-state index < -0.39 is 0 Å². The average molecular weight is 411 g/mol. The Morgan fingerprint density at radius 2 is 1.53 bits per heavy atom. The van der Waals surface area contributed by atoms with Crippen LogP contribution < -0.4 is 4.74 Å². The molecule has 2 fully saturated rings. The molecule has 2 aromatic rings. The average Bonchev–Trinajstić information content (AvgIpc) is 2.78. The maximum atomic E-state index is 12.9. The van der Waals surface area contributed by atoms with Gasteiger partial charge >= 0.3 is 0 Å². The van der Waals surface area contributed by atoms with Gasteiger partial charge in [-0.3, -0.25) is 4.79 Å². The molecule has 2 aromatic carbocycles. The van der Waals surface area contributed by atoms with Crippen molar-refractivity contribution >= 4 is 16.7 Å². The van der Waals surface area contributed by atoms with Crippen molar-refractivity contribution in [2.24, 2.45) is 0 Å². The van der Waals surface area contributed by atoms with Gasteiger partial charge in [-0.2, -0.15) is 0 Å². The maximum Gasteiger partial charge on any atom is 0.253 e. The van der Waals surface area contributed by atoms with Crippen LogP contribution in [-0.4, -0.2) is 67.2 Å². The van der Waals surface area contributed by atoms with E-state index in [0.717, 1.165) is 73.9 Å². The number of amides is 1. The molecule has 0 aliphatic carbocycles. The highest BCUT2D eigenvalue weighted by Gasteiger charge is 2.24. The van der Waals surface area contributed by atoms with Gasteiger partial charge in [-0.25, -0.2) is 0 Å². The largest absolute Gasteiger partial charge is 0.490 e. The predicted molar refractivity (Wildman–Crippen MR) is 120 cm³/mol. The van der Waals surface area contributed by atoms with E-state index in [9.17, 15) is 4.79 Å². The highest BCUT2D eigenvalue weighted by Crippen LogP contribution is 2.26. The van der Waals surface area contributed by atoms with Crippen molar-refractivity contribution in [1.29, 1.82) is 0 Å². The highest BCUT2D eigenvalue weighted by molar-refractivity contribution is 5.98. The van der Waals surface area contributed by atoms with Gasteiger partial charge < -0.3 is 19.3 Å². The Bertz CT molecular complexity index is 866. The van der Waals surface area contributed by atoms with E-state index in [0.29, 0.717) is 6.04 Å². The molecule has 2 saturated heterocycles. The molecule has 0 spiro atoms. The molecule has 2 heterocycles.